The summed E-state index contributed by atoms with van der Waals surface area (Å²) in [5, 5.41) is 9.56. The fourth-order valence-electron chi connectivity index (χ4n) is 1.40. The van der Waals surface area contributed by atoms with Crippen LogP contribution in [-0.4, -0.2) is 23.3 Å². The molecule has 0 aliphatic heterocycles. The molecule has 0 bridgehead atoms. The molecule has 4 nitrogen and oxygen atoms in total. The van der Waals surface area contributed by atoms with Gasteiger partial charge in [0.25, 0.3) is 0 Å². The Morgan fingerprint density at radius 2 is 2.06 bits per heavy atom. The number of benzene rings is 1. The molecule has 0 saturated carbocycles. The number of nitrogens with zero attached hydrogens (tertiary/aromatic N) is 1. The minimum atomic E-state index is -0.550. The third kappa shape index (κ3) is 3.81. The summed E-state index contributed by atoms with van der Waals surface area (Å²) in [6.45, 7) is 7.72. The average Bonchev–Trinajstić information content (AvgIpc) is 2.21. The van der Waals surface area contributed by atoms with E-state index in [2.05, 4.69) is 0 Å². The lowest BCUT2D eigenvalue weighted by Gasteiger charge is -2.26. The topological polar surface area (TPSA) is 49.8 Å². The number of amides is 1. The monoisotopic (exact) mass is 271 g/mol. The lowest BCUT2D eigenvalue weighted by atomic mass is 10.2. The highest BCUT2D eigenvalue weighted by Crippen LogP contribution is 2.28. The van der Waals surface area contributed by atoms with Gasteiger partial charge in [0.2, 0.25) is 0 Å². The Balaban J connectivity index is 2.95. The number of halogens is 1. The van der Waals surface area contributed by atoms with Crippen LogP contribution in [0, 0.1) is 0 Å². The van der Waals surface area contributed by atoms with Gasteiger partial charge in [-0.05, 0) is 45.9 Å². The summed E-state index contributed by atoms with van der Waals surface area (Å²) < 4.78 is 5.30. The van der Waals surface area contributed by atoms with Crippen molar-refractivity contribution >= 4 is 23.4 Å². The van der Waals surface area contributed by atoms with Gasteiger partial charge in [-0.3, -0.25) is 4.90 Å². The van der Waals surface area contributed by atoms with Crippen molar-refractivity contribution in [2.24, 2.45) is 0 Å². The summed E-state index contributed by atoms with van der Waals surface area (Å²) in [6.07, 6.45) is -0.438. The Bertz CT molecular complexity index is 440. The molecule has 5 heteroatoms. The minimum Gasteiger partial charge on any atom is -0.506 e. The van der Waals surface area contributed by atoms with Crippen molar-refractivity contribution in [1.29, 1.82) is 0 Å². The molecule has 0 aliphatic rings. The van der Waals surface area contributed by atoms with Crippen LogP contribution in [0.25, 0.3) is 0 Å². The van der Waals surface area contributed by atoms with Crippen LogP contribution in [-0.2, 0) is 4.74 Å². The molecule has 0 heterocycles. The summed E-state index contributed by atoms with van der Waals surface area (Å²) in [4.78, 5) is 13.4. The highest BCUT2D eigenvalue weighted by molar-refractivity contribution is 6.32. The molecule has 0 saturated heterocycles. The Labute approximate surface area is 112 Å². The number of rotatable bonds is 2. The zero-order chi connectivity index (χ0) is 13.9. The number of phenols is 1. The zero-order valence-electron chi connectivity index (χ0n) is 11.0. The molecule has 1 rings (SSSR count). The summed E-state index contributed by atoms with van der Waals surface area (Å²) in [6, 6.07) is 4.60. The second-order valence-electron chi connectivity index (χ2n) is 4.86. The van der Waals surface area contributed by atoms with E-state index in [-0.39, 0.29) is 10.8 Å². The highest BCUT2D eigenvalue weighted by atomic mass is 35.5. The van der Waals surface area contributed by atoms with Crippen molar-refractivity contribution in [1.82, 2.24) is 0 Å². The first kappa shape index (κ1) is 14.6. The molecule has 0 radical (unpaired) electrons. The van der Waals surface area contributed by atoms with Gasteiger partial charge in [0, 0.05) is 12.2 Å². The molecule has 1 N–H and O–H groups in total. The molecule has 100 valence electrons. The molecule has 0 unspecified atom stereocenters. The molecular formula is C13H18ClNO3. The largest absolute Gasteiger partial charge is 0.506 e. The third-order valence-corrected chi connectivity index (χ3v) is 2.48. The van der Waals surface area contributed by atoms with Crippen LogP contribution in [0.15, 0.2) is 18.2 Å². The first-order chi connectivity index (χ1) is 8.24. The van der Waals surface area contributed by atoms with Crippen LogP contribution in [0.1, 0.15) is 27.7 Å². The average molecular weight is 272 g/mol. The Kier molecular flexibility index (Phi) is 4.46. The minimum absolute atomic E-state index is 0.0133. The number of anilines is 1. The van der Waals surface area contributed by atoms with E-state index in [1.54, 1.807) is 6.07 Å². The third-order valence-electron chi connectivity index (χ3n) is 2.17. The lowest BCUT2D eigenvalue weighted by Crippen LogP contribution is -2.36. The van der Waals surface area contributed by atoms with Gasteiger partial charge in [-0.15, -0.1) is 0 Å². The molecule has 1 amide bonds. The molecule has 1 aromatic rings. The first-order valence-corrected chi connectivity index (χ1v) is 6.11. The highest BCUT2D eigenvalue weighted by Gasteiger charge is 2.22. The van der Waals surface area contributed by atoms with Crippen LogP contribution in [0.5, 0.6) is 5.75 Å². The van der Waals surface area contributed by atoms with E-state index in [0.29, 0.717) is 12.2 Å². The van der Waals surface area contributed by atoms with Crippen LogP contribution < -0.4 is 4.90 Å². The Morgan fingerprint density at radius 1 is 1.44 bits per heavy atom. The Morgan fingerprint density at radius 3 is 2.50 bits per heavy atom. The van der Waals surface area contributed by atoms with Crippen molar-refractivity contribution in [2.45, 2.75) is 33.3 Å². The predicted octanol–water partition coefficient (Wildman–Crippen LogP) is 3.81. The molecule has 0 fully saturated rings. The summed E-state index contributed by atoms with van der Waals surface area (Å²) >= 11 is 5.82. The zero-order valence-corrected chi connectivity index (χ0v) is 11.8. The fraction of sp³-hybridized carbons (Fsp3) is 0.462. The number of ether oxygens (including phenoxy) is 1. The standard InChI is InChI=1S/C13H18ClNO3/c1-5-15(12(17)18-13(2,3)4)9-6-7-11(16)10(14)8-9/h6-8,16H,5H2,1-4H3. The quantitative estimate of drug-likeness (QED) is 0.890. The first-order valence-electron chi connectivity index (χ1n) is 5.73. The van der Waals surface area contributed by atoms with Gasteiger partial charge >= 0.3 is 6.09 Å². The van der Waals surface area contributed by atoms with Crippen molar-refractivity contribution in [3.63, 3.8) is 0 Å². The Hall–Kier alpha value is -1.42. The van der Waals surface area contributed by atoms with Gasteiger partial charge in [0.15, 0.2) is 0 Å². The lowest BCUT2D eigenvalue weighted by molar-refractivity contribution is 0.0582. The van der Waals surface area contributed by atoms with Crippen molar-refractivity contribution < 1.29 is 14.6 Å². The number of phenolic OH excluding ortho intramolecular Hbond substituents is 1. The van der Waals surface area contributed by atoms with E-state index in [4.69, 9.17) is 16.3 Å². The molecule has 0 aliphatic carbocycles. The number of hydrogen-bond donors (Lipinski definition) is 1. The van der Waals surface area contributed by atoms with E-state index in [1.165, 1.54) is 17.0 Å². The summed E-state index contributed by atoms with van der Waals surface area (Å²) in [7, 11) is 0. The van der Waals surface area contributed by atoms with Crippen LogP contribution in [0.4, 0.5) is 10.5 Å². The van der Waals surface area contributed by atoms with Gasteiger partial charge < -0.3 is 9.84 Å². The molecule has 0 atom stereocenters. The SMILES string of the molecule is CCN(C(=O)OC(C)(C)C)c1ccc(O)c(Cl)c1. The molecular weight excluding hydrogens is 254 g/mol. The second kappa shape index (κ2) is 5.48. The number of hydrogen-bond acceptors (Lipinski definition) is 3. The smallest absolute Gasteiger partial charge is 0.414 e. The maximum Gasteiger partial charge on any atom is 0.414 e. The van der Waals surface area contributed by atoms with Gasteiger partial charge in [-0.2, -0.15) is 0 Å². The van der Waals surface area contributed by atoms with Crippen molar-refractivity contribution in [2.75, 3.05) is 11.4 Å². The fourth-order valence-corrected chi connectivity index (χ4v) is 1.57. The van der Waals surface area contributed by atoms with Gasteiger partial charge in [0.1, 0.15) is 11.4 Å². The number of carbonyl (C=O) groups is 1. The van der Waals surface area contributed by atoms with Crippen molar-refractivity contribution in [3.05, 3.63) is 23.2 Å². The van der Waals surface area contributed by atoms with Gasteiger partial charge in [0.05, 0.1) is 5.02 Å². The maximum absolute atomic E-state index is 12.0. The van der Waals surface area contributed by atoms with Gasteiger partial charge in [-0.1, -0.05) is 11.6 Å². The molecule has 0 aromatic heterocycles. The summed E-state index contributed by atoms with van der Waals surface area (Å²) in [5.41, 5.74) is 0.0418. The number of aromatic hydroxyl groups is 1. The van der Waals surface area contributed by atoms with Crippen LogP contribution in [0.3, 0.4) is 0 Å². The van der Waals surface area contributed by atoms with Gasteiger partial charge in [-0.25, -0.2) is 4.79 Å². The van der Waals surface area contributed by atoms with Crippen LogP contribution >= 0.6 is 11.6 Å². The van der Waals surface area contributed by atoms with Crippen LogP contribution in [0.2, 0.25) is 5.02 Å². The second-order valence-corrected chi connectivity index (χ2v) is 5.27. The van der Waals surface area contributed by atoms with E-state index in [9.17, 15) is 9.90 Å². The van der Waals surface area contributed by atoms with Crippen molar-refractivity contribution in [3.8, 4) is 5.75 Å². The normalized spacial score (nSPS) is 11.2. The molecule has 18 heavy (non-hydrogen) atoms. The van der Waals surface area contributed by atoms with E-state index in [1.807, 2.05) is 27.7 Å². The predicted molar refractivity (Wildman–Crippen MR) is 72.4 cm³/mol. The summed E-state index contributed by atoms with van der Waals surface area (Å²) in [5.74, 6) is -0.0133. The van der Waals surface area contributed by atoms with E-state index < -0.39 is 11.7 Å². The number of carbonyl (C=O) groups excluding carboxylic acids is 1. The van der Waals surface area contributed by atoms with E-state index in [0.717, 1.165) is 0 Å². The molecule has 0 spiro atoms. The maximum atomic E-state index is 12.0. The van der Waals surface area contributed by atoms with E-state index >= 15 is 0 Å². The molecule has 1 aromatic carbocycles.